The number of nitrogens with zero attached hydrogens (tertiary/aromatic N) is 1. The zero-order chi connectivity index (χ0) is 16.4. The summed E-state index contributed by atoms with van der Waals surface area (Å²) in [6, 6.07) is 9.02. The Balaban J connectivity index is 1.56. The second-order valence-corrected chi connectivity index (χ2v) is 6.80. The van der Waals surface area contributed by atoms with Crippen molar-refractivity contribution in [2.24, 2.45) is 17.8 Å². The molecule has 1 aromatic rings. The van der Waals surface area contributed by atoms with E-state index in [1.807, 2.05) is 18.2 Å². The van der Waals surface area contributed by atoms with E-state index in [9.17, 15) is 14.7 Å². The molecule has 2 amide bonds. The van der Waals surface area contributed by atoms with E-state index < -0.39 is 0 Å². The molecule has 0 spiro atoms. The summed E-state index contributed by atoms with van der Waals surface area (Å²) in [6.07, 6.45) is 3.40. The summed E-state index contributed by atoms with van der Waals surface area (Å²) in [5, 5.41) is 12.6. The molecule has 1 aromatic carbocycles. The lowest BCUT2D eigenvalue weighted by molar-refractivity contribution is -0.123. The first-order valence-electron chi connectivity index (χ1n) is 8.31. The van der Waals surface area contributed by atoms with Crippen LogP contribution in [-0.4, -0.2) is 48.1 Å². The van der Waals surface area contributed by atoms with Crippen LogP contribution in [0.25, 0.3) is 0 Å². The van der Waals surface area contributed by atoms with Gasteiger partial charge in [0.15, 0.2) is 0 Å². The van der Waals surface area contributed by atoms with E-state index in [0.717, 1.165) is 19.3 Å². The Labute approximate surface area is 136 Å². The van der Waals surface area contributed by atoms with Gasteiger partial charge < -0.3 is 15.3 Å². The van der Waals surface area contributed by atoms with Gasteiger partial charge in [-0.05, 0) is 43.2 Å². The molecule has 2 fully saturated rings. The van der Waals surface area contributed by atoms with E-state index in [-0.39, 0.29) is 36.9 Å². The predicted octanol–water partition coefficient (Wildman–Crippen LogP) is 1.28. The van der Waals surface area contributed by atoms with Gasteiger partial charge in [-0.1, -0.05) is 18.2 Å². The van der Waals surface area contributed by atoms with Crippen LogP contribution in [0.2, 0.25) is 0 Å². The van der Waals surface area contributed by atoms with Crippen LogP contribution in [0.1, 0.15) is 29.6 Å². The summed E-state index contributed by atoms with van der Waals surface area (Å²) in [5.41, 5.74) is 0.580. The Bertz CT molecular complexity index is 575. The van der Waals surface area contributed by atoms with E-state index in [4.69, 9.17) is 0 Å². The fourth-order valence-corrected chi connectivity index (χ4v) is 4.22. The second kappa shape index (κ2) is 6.71. The van der Waals surface area contributed by atoms with E-state index in [1.54, 1.807) is 19.2 Å². The predicted molar refractivity (Wildman–Crippen MR) is 86.7 cm³/mol. The maximum absolute atomic E-state index is 12.3. The maximum Gasteiger partial charge on any atom is 0.254 e. The zero-order valence-electron chi connectivity index (χ0n) is 13.4. The number of likely N-dealkylation sites (N-methyl/N-ethyl adjacent to an activating group) is 1. The van der Waals surface area contributed by atoms with Gasteiger partial charge >= 0.3 is 0 Å². The van der Waals surface area contributed by atoms with Crippen molar-refractivity contribution in [1.29, 1.82) is 0 Å². The largest absolute Gasteiger partial charge is 0.396 e. The molecule has 0 heterocycles. The highest BCUT2D eigenvalue weighted by atomic mass is 16.3. The van der Waals surface area contributed by atoms with Gasteiger partial charge in [0.2, 0.25) is 5.91 Å². The average Bonchev–Trinajstić information content (AvgIpc) is 3.16. The van der Waals surface area contributed by atoms with Gasteiger partial charge in [-0.15, -0.1) is 0 Å². The third-order valence-electron chi connectivity index (χ3n) is 5.38. The summed E-state index contributed by atoms with van der Waals surface area (Å²) in [4.78, 5) is 26.0. The number of rotatable bonds is 5. The topological polar surface area (TPSA) is 69.6 Å². The Morgan fingerprint density at radius 1 is 1.22 bits per heavy atom. The summed E-state index contributed by atoms with van der Waals surface area (Å²) in [5.74, 6) is 0.892. The molecule has 0 radical (unpaired) electrons. The molecule has 124 valence electrons. The van der Waals surface area contributed by atoms with E-state index >= 15 is 0 Å². The quantitative estimate of drug-likeness (QED) is 0.860. The lowest BCUT2D eigenvalue weighted by atomic mass is 9.85. The monoisotopic (exact) mass is 316 g/mol. The van der Waals surface area contributed by atoms with E-state index in [1.165, 1.54) is 4.90 Å². The molecule has 2 N–H and O–H groups in total. The van der Waals surface area contributed by atoms with Crippen molar-refractivity contribution in [2.75, 3.05) is 20.2 Å². The van der Waals surface area contributed by atoms with Crippen LogP contribution in [-0.2, 0) is 4.79 Å². The molecule has 23 heavy (non-hydrogen) atoms. The summed E-state index contributed by atoms with van der Waals surface area (Å²) in [7, 11) is 1.64. The lowest BCUT2D eigenvalue weighted by Crippen LogP contribution is -2.48. The summed E-state index contributed by atoms with van der Waals surface area (Å²) >= 11 is 0. The molecule has 2 aliphatic rings. The number of carbonyl (C=O) groups is 2. The Morgan fingerprint density at radius 2 is 1.91 bits per heavy atom. The van der Waals surface area contributed by atoms with Gasteiger partial charge in [-0.3, -0.25) is 9.59 Å². The van der Waals surface area contributed by atoms with E-state index in [0.29, 0.717) is 17.4 Å². The molecule has 4 unspecified atom stereocenters. The van der Waals surface area contributed by atoms with Crippen LogP contribution in [0, 0.1) is 17.8 Å². The number of fused-ring (bicyclic) bond motifs is 2. The first-order chi connectivity index (χ1) is 11.1. The molecule has 0 aliphatic heterocycles. The number of benzene rings is 1. The molecule has 3 rings (SSSR count). The molecular formula is C18H24N2O3. The third kappa shape index (κ3) is 3.24. The Kier molecular flexibility index (Phi) is 4.66. The van der Waals surface area contributed by atoms with Crippen molar-refractivity contribution in [3.8, 4) is 0 Å². The number of aliphatic hydroxyl groups is 1. The van der Waals surface area contributed by atoms with Crippen molar-refractivity contribution in [1.82, 2.24) is 10.2 Å². The fourth-order valence-electron chi connectivity index (χ4n) is 4.22. The van der Waals surface area contributed by atoms with Crippen LogP contribution in [0.3, 0.4) is 0 Å². The first-order valence-corrected chi connectivity index (χ1v) is 8.31. The third-order valence-corrected chi connectivity index (χ3v) is 5.38. The Morgan fingerprint density at radius 3 is 2.61 bits per heavy atom. The number of hydrogen-bond acceptors (Lipinski definition) is 3. The molecule has 4 atom stereocenters. The van der Waals surface area contributed by atoms with Gasteiger partial charge in [-0.25, -0.2) is 0 Å². The van der Waals surface area contributed by atoms with Crippen molar-refractivity contribution < 1.29 is 14.7 Å². The molecule has 0 aromatic heterocycles. The molecule has 2 saturated carbocycles. The van der Waals surface area contributed by atoms with Gasteiger partial charge in [0.25, 0.3) is 5.91 Å². The SMILES string of the molecule is CN(CC(=O)NC1C2CCC(C2)C1CO)C(=O)c1ccccc1. The molecule has 2 bridgehead atoms. The number of carbonyl (C=O) groups excluding carboxylic acids is 2. The standard InChI is InChI=1S/C18H24N2O3/c1-20(18(23)12-5-3-2-4-6-12)10-16(22)19-17-14-8-7-13(9-14)15(17)11-21/h2-6,13-15,17,21H,7-11H2,1H3,(H,19,22). The molecule has 5 nitrogen and oxygen atoms in total. The summed E-state index contributed by atoms with van der Waals surface area (Å²) < 4.78 is 0. The van der Waals surface area contributed by atoms with Crippen molar-refractivity contribution in [2.45, 2.75) is 25.3 Å². The highest BCUT2D eigenvalue weighted by molar-refractivity contribution is 5.96. The second-order valence-electron chi connectivity index (χ2n) is 6.80. The number of aliphatic hydroxyl groups excluding tert-OH is 1. The van der Waals surface area contributed by atoms with Gasteiger partial charge in [0, 0.05) is 31.2 Å². The normalized spacial score (nSPS) is 28.6. The number of amides is 2. The van der Waals surface area contributed by atoms with Crippen molar-refractivity contribution in [3.63, 3.8) is 0 Å². The van der Waals surface area contributed by atoms with Gasteiger partial charge in [-0.2, -0.15) is 0 Å². The lowest BCUT2D eigenvalue weighted by Gasteiger charge is -2.31. The van der Waals surface area contributed by atoms with Gasteiger partial charge in [0.05, 0.1) is 6.54 Å². The van der Waals surface area contributed by atoms with E-state index in [2.05, 4.69) is 5.32 Å². The zero-order valence-corrected chi connectivity index (χ0v) is 13.4. The van der Waals surface area contributed by atoms with Crippen LogP contribution < -0.4 is 5.32 Å². The fraction of sp³-hybridized carbons (Fsp3) is 0.556. The van der Waals surface area contributed by atoms with Crippen molar-refractivity contribution in [3.05, 3.63) is 35.9 Å². The highest BCUT2D eigenvalue weighted by Gasteiger charge is 2.47. The minimum absolute atomic E-state index is 0.0414. The number of hydrogen-bond donors (Lipinski definition) is 2. The average molecular weight is 316 g/mol. The first kappa shape index (κ1) is 16.0. The molecule has 2 aliphatic carbocycles. The maximum atomic E-state index is 12.3. The van der Waals surface area contributed by atoms with Gasteiger partial charge in [0.1, 0.15) is 0 Å². The Hall–Kier alpha value is -1.88. The summed E-state index contributed by atoms with van der Waals surface area (Å²) in [6.45, 7) is 0.171. The van der Waals surface area contributed by atoms with Crippen LogP contribution in [0.4, 0.5) is 0 Å². The smallest absolute Gasteiger partial charge is 0.254 e. The minimum Gasteiger partial charge on any atom is -0.396 e. The minimum atomic E-state index is -0.160. The van der Waals surface area contributed by atoms with Crippen LogP contribution in [0.15, 0.2) is 30.3 Å². The molecule has 5 heteroatoms. The molecular weight excluding hydrogens is 292 g/mol. The molecule has 0 saturated heterocycles. The van der Waals surface area contributed by atoms with Crippen molar-refractivity contribution >= 4 is 11.8 Å². The van der Waals surface area contributed by atoms with Crippen LogP contribution >= 0.6 is 0 Å². The van der Waals surface area contributed by atoms with Crippen LogP contribution in [0.5, 0.6) is 0 Å². The number of nitrogens with one attached hydrogen (secondary N) is 1. The highest BCUT2D eigenvalue weighted by Crippen LogP contribution is 2.48.